The summed E-state index contributed by atoms with van der Waals surface area (Å²) < 4.78 is -1.91. The van der Waals surface area contributed by atoms with Gasteiger partial charge in [-0.3, -0.25) is 4.90 Å². The van der Waals surface area contributed by atoms with Crippen LogP contribution in [0.15, 0.2) is 0 Å². The molecule has 0 radical (unpaired) electrons. The van der Waals surface area contributed by atoms with E-state index in [0.29, 0.717) is 6.54 Å². The van der Waals surface area contributed by atoms with Gasteiger partial charge in [-0.15, -0.1) is 0 Å². The van der Waals surface area contributed by atoms with E-state index in [9.17, 15) is 9.90 Å². The highest BCUT2D eigenvalue weighted by Gasteiger charge is 2.36. The van der Waals surface area contributed by atoms with Crippen LogP contribution in [0.25, 0.3) is 0 Å². The molecule has 0 rings (SSSR count). The third kappa shape index (κ3) is 12.2. The number of halogens is 3. The number of unbranched alkanes of at least 4 members (excludes halogenated alkanes) is 9. The van der Waals surface area contributed by atoms with Crippen molar-refractivity contribution in [2.24, 2.45) is 0 Å². The minimum atomic E-state index is -1.91. The van der Waals surface area contributed by atoms with Crippen molar-refractivity contribution in [1.29, 1.82) is 0 Å². The number of carbonyl (C=O) groups is 1. The number of alkyl halides is 3. The molecule has 0 bridgehead atoms. The first-order chi connectivity index (χ1) is 10.8. The van der Waals surface area contributed by atoms with Crippen LogP contribution in [0.2, 0.25) is 0 Å². The Morgan fingerprint density at radius 1 is 1.00 bits per heavy atom. The van der Waals surface area contributed by atoms with Crippen LogP contribution < -0.4 is 5.32 Å². The van der Waals surface area contributed by atoms with Crippen molar-refractivity contribution in [3.63, 3.8) is 0 Å². The highest BCUT2D eigenvalue weighted by atomic mass is 35.6. The molecule has 0 aliphatic rings. The number of nitrogens with one attached hydrogen (secondary N) is 1. The van der Waals surface area contributed by atoms with Gasteiger partial charge >= 0.3 is 6.03 Å². The Labute approximate surface area is 155 Å². The predicted molar refractivity (Wildman–Crippen MR) is 99.3 cm³/mol. The lowest BCUT2D eigenvalue weighted by Gasteiger charge is -2.28. The van der Waals surface area contributed by atoms with Crippen molar-refractivity contribution in [1.82, 2.24) is 10.2 Å². The average Bonchev–Trinajstić information content (AvgIpc) is 2.50. The molecule has 2 N–H and O–H groups in total. The molecule has 7 heteroatoms. The fraction of sp³-hybridized carbons (Fsp3) is 0.938. The zero-order valence-corrected chi connectivity index (χ0v) is 16.6. The number of aliphatic hydroxyl groups is 1. The van der Waals surface area contributed by atoms with Crippen LogP contribution in [0, 0.1) is 0 Å². The highest BCUT2D eigenvalue weighted by Crippen LogP contribution is 2.31. The number of rotatable bonds is 12. The monoisotopic (exact) mass is 388 g/mol. The number of urea groups is 1. The van der Waals surface area contributed by atoms with Gasteiger partial charge in [0.2, 0.25) is 3.79 Å². The van der Waals surface area contributed by atoms with E-state index < -0.39 is 16.1 Å². The molecule has 2 amide bonds. The summed E-state index contributed by atoms with van der Waals surface area (Å²) in [5.74, 6) is 0. The predicted octanol–water partition coefficient (Wildman–Crippen LogP) is 5.24. The Balaban J connectivity index is 3.52. The quantitative estimate of drug-likeness (QED) is 0.272. The summed E-state index contributed by atoms with van der Waals surface area (Å²) in [6, 6.07) is -0.445. The van der Waals surface area contributed by atoms with E-state index in [1.54, 1.807) is 0 Å². The molecular formula is C16H31Cl3N2O2. The summed E-state index contributed by atoms with van der Waals surface area (Å²) in [6.45, 7) is 2.79. The van der Waals surface area contributed by atoms with Gasteiger partial charge in [-0.05, 0) is 6.42 Å². The summed E-state index contributed by atoms with van der Waals surface area (Å²) in [5.41, 5.74) is 0. The summed E-state index contributed by atoms with van der Waals surface area (Å²) in [5, 5.41) is 12.4. The van der Waals surface area contributed by atoms with Crippen LogP contribution in [0.4, 0.5) is 4.79 Å². The summed E-state index contributed by atoms with van der Waals surface area (Å²) >= 11 is 16.7. The zero-order chi connectivity index (χ0) is 17.7. The Bertz CT molecular complexity index is 312. The lowest BCUT2D eigenvalue weighted by atomic mass is 10.1. The smallest absolute Gasteiger partial charge is 0.319 e. The molecule has 1 unspecified atom stereocenters. The summed E-state index contributed by atoms with van der Waals surface area (Å²) in [4.78, 5) is 12.8. The first-order valence-electron chi connectivity index (χ1n) is 8.56. The third-order valence-electron chi connectivity index (χ3n) is 3.79. The van der Waals surface area contributed by atoms with Gasteiger partial charge in [0.25, 0.3) is 0 Å². The maximum Gasteiger partial charge on any atom is 0.319 e. The van der Waals surface area contributed by atoms with Gasteiger partial charge in [0, 0.05) is 13.6 Å². The van der Waals surface area contributed by atoms with Gasteiger partial charge in [0.05, 0.1) is 0 Å². The van der Waals surface area contributed by atoms with Gasteiger partial charge in [-0.2, -0.15) is 0 Å². The first-order valence-corrected chi connectivity index (χ1v) is 9.69. The van der Waals surface area contributed by atoms with Crippen molar-refractivity contribution >= 4 is 40.8 Å². The molecule has 0 heterocycles. The van der Waals surface area contributed by atoms with Gasteiger partial charge in [0.15, 0.2) is 6.23 Å². The second-order valence-electron chi connectivity index (χ2n) is 5.94. The number of hydrogen-bond donors (Lipinski definition) is 2. The van der Waals surface area contributed by atoms with E-state index in [2.05, 4.69) is 12.2 Å². The Kier molecular flexibility index (Phi) is 13.5. The molecule has 1 atom stereocenters. The average molecular weight is 390 g/mol. The fourth-order valence-corrected chi connectivity index (χ4v) is 2.70. The van der Waals surface area contributed by atoms with Crippen molar-refractivity contribution in [2.45, 2.75) is 81.2 Å². The molecule has 0 spiro atoms. The van der Waals surface area contributed by atoms with Crippen molar-refractivity contribution < 1.29 is 9.90 Å². The Morgan fingerprint density at radius 2 is 1.43 bits per heavy atom. The standard InChI is InChI=1S/C16H31Cl3N2O2/c1-3-4-5-6-7-8-9-10-11-12-13-20-15(23)21(2)14(22)16(17,18)19/h14,22H,3-13H2,1-2H3,(H,20,23). The van der Waals surface area contributed by atoms with E-state index in [4.69, 9.17) is 34.8 Å². The normalized spacial score (nSPS) is 13.0. The van der Waals surface area contributed by atoms with E-state index in [0.717, 1.165) is 17.7 Å². The molecular weight excluding hydrogens is 359 g/mol. The van der Waals surface area contributed by atoms with Crippen molar-refractivity contribution in [2.75, 3.05) is 13.6 Å². The summed E-state index contributed by atoms with van der Waals surface area (Å²) in [7, 11) is 1.39. The van der Waals surface area contributed by atoms with Crippen LogP contribution in [0.5, 0.6) is 0 Å². The maximum atomic E-state index is 11.8. The largest absolute Gasteiger partial charge is 0.369 e. The zero-order valence-electron chi connectivity index (χ0n) is 14.3. The minimum Gasteiger partial charge on any atom is -0.369 e. The SMILES string of the molecule is CCCCCCCCCCCCNC(=O)N(C)C(O)C(Cl)(Cl)Cl. The molecule has 23 heavy (non-hydrogen) atoms. The Morgan fingerprint density at radius 3 is 1.87 bits per heavy atom. The lowest BCUT2D eigenvalue weighted by molar-refractivity contribution is 0.0498. The second-order valence-corrected chi connectivity index (χ2v) is 8.31. The van der Waals surface area contributed by atoms with Crippen LogP contribution in [-0.4, -0.2) is 39.7 Å². The van der Waals surface area contributed by atoms with Crippen LogP contribution in [-0.2, 0) is 0 Å². The van der Waals surface area contributed by atoms with Crippen molar-refractivity contribution in [3.8, 4) is 0 Å². The van der Waals surface area contributed by atoms with Crippen LogP contribution in [0.1, 0.15) is 71.1 Å². The number of carbonyl (C=O) groups excluding carboxylic acids is 1. The molecule has 138 valence electrons. The Hall–Kier alpha value is 0.1000. The molecule has 0 aromatic heterocycles. The number of aliphatic hydroxyl groups excluding tert-OH is 1. The van der Waals surface area contributed by atoms with E-state index in [1.807, 2.05) is 0 Å². The first kappa shape index (κ1) is 23.1. The second kappa shape index (κ2) is 13.4. The highest BCUT2D eigenvalue weighted by molar-refractivity contribution is 6.68. The van der Waals surface area contributed by atoms with Gasteiger partial charge in [0.1, 0.15) is 0 Å². The van der Waals surface area contributed by atoms with Gasteiger partial charge in [-0.25, -0.2) is 4.79 Å². The molecule has 0 saturated carbocycles. The van der Waals surface area contributed by atoms with Crippen LogP contribution in [0.3, 0.4) is 0 Å². The number of amides is 2. The number of hydrogen-bond acceptors (Lipinski definition) is 2. The minimum absolute atomic E-state index is 0.445. The molecule has 4 nitrogen and oxygen atoms in total. The lowest BCUT2D eigenvalue weighted by Crippen LogP contribution is -2.49. The third-order valence-corrected chi connectivity index (χ3v) is 4.37. The molecule has 0 aliphatic heterocycles. The van der Waals surface area contributed by atoms with Crippen molar-refractivity contribution in [3.05, 3.63) is 0 Å². The molecule has 0 saturated heterocycles. The van der Waals surface area contributed by atoms with Crippen LogP contribution >= 0.6 is 34.8 Å². The van der Waals surface area contributed by atoms with E-state index >= 15 is 0 Å². The summed E-state index contributed by atoms with van der Waals surface area (Å²) in [6.07, 6.45) is 11.0. The van der Waals surface area contributed by atoms with Gasteiger partial charge in [-0.1, -0.05) is 99.5 Å². The topological polar surface area (TPSA) is 52.6 Å². The molecule has 0 aromatic rings. The molecule has 0 aromatic carbocycles. The maximum absolute atomic E-state index is 11.8. The van der Waals surface area contributed by atoms with E-state index in [-0.39, 0.29) is 0 Å². The van der Waals surface area contributed by atoms with E-state index in [1.165, 1.54) is 58.4 Å². The molecule has 0 aliphatic carbocycles. The fourth-order valence-electron chi connectivity index (χ4n) is 2.26. The molecule has 0 fully saturated rings. The number of nitrogens with zero attached hydrogens (tertiary/aromatic N) is 1. The van der Waals surface area contributed by atoms with Gasteiger partial charge < -0.3 is 10.4 Å².